The summed E-state index contributed by atoms with van der Waals surface area (Å²) in [5.41, 5.74) is 7.41. The number of hydrogen-bond acceptors (Lipinski definition) is 5. The van der Waals surface area contributed by atoms with Crippen molar-refractivity contribution >= 4 is 42.0 Å². The van der Waals surface area contributed by atoms with Gasteiger partial charge >= 0.3 is 5.69 Å². The molecule has 1 aliphatic carbocycles. The second-order valence-corrected chi connectivity index (χ2v) is 9.73. The van der Waals surface area contributed by atoms with E-state index in [1.54, 1.807) is 42.7 Å². The van der Waals surface area contributed by atoms with Crippen LogP contribution >= 0.6 is 13.5 Å². The third kappa shape index (κ3) is 5.36. The summed E-state index contributed by atoms with van der Waals surface area (Å²) in [6.45, 7) is 6.97. The third-order valence-electron chi connectivity index (χ3n) is 7.02. The number of hydrogen-bond donors (Lipinski definition) is 2. The van der Waals surface area contributed by atoms with Gasteiger partial charge in [-0.05, 0) is 60.9 Å². The van der Waals surface area contributed by atoms with Gasteiger partial charge in [-0.25, -0.2) is 9.36 Å². The van der Waals surface area contributed by atoms with Gasteiger partial charge in [0.15, 0.2) is 0 Å². The predicted octanol–water partition coefficient (Wildman–Crippen LogP) is 3.87. The number of pyridine rings is 1. The summed E-state index contributed by atoms with van der Waals surface area (Å²) in [6, 6.07) is 8.48. The second-order valence-electron chi connectivity index (χ2n) is 9.73. The van der Waals surface area contributed by atoms with E-state index in [1.165, 1.54) is 9.13 Å². The molecule has 0 aliphatic heterocycles. The van der Waals surface area contributed by atoms with Crippen LogP contribution in [0.15, 0.2) is 47.5 Å². The molecule has 188 valence electrons. The molecule has 2 heterocycles. The molecule has 4 rings (SSSR count). The fourth-order valence-electron chi connectivity index (χ4n) is 5.25. The van der Waals surface area contributed by atoms with Gasteiger partial charge in [-0.1, -0.05) is 27.2 Å². The highest BCUT2D eigenvalue weighted by molar-refractivity contribution is 7.59. The number of benzene rings is 1. The molecule has 0 saturated heterocycles. The van der Waals surface area contributed by atoms with Crippen LogP contribution in [0.25, 0.3) is 11.0 Å². The van der Waals surface area contributed by atoms with Crippen molar-refractivity contribution in [1.29, 1.82) is 0 Å². The van der Waals surface area contributed by atoms with E-state index in [0.717, 1.165) is 19.3 Å². The molecule has 8 nitrogen and oxygen atoms in total. The molecular weight excluding hydrogens is 462 g/mol. The Hall–Kier alpha value is -2.91. The van der Waals surface area contributed by atoms with Crippen LogP contribution in [0, 0.1) is 23.7 Å². The zero-order chi connectivity index (χ0) is 24.4. The molecule has 9 heteroatoms. The number of carbonyl (C=O) groups excluding carboxylic acids is 2. The van der Waals surface area contributed by atoms with E-state index in [9.17, 15) is 14.4 Å². The molecule has 0 radical (unpaired) electrons. The molecule has 2 aromatic heterocycles. The minimum absolute atomic E-state index is 0. The van der Waals surface area contributed by atoms with E-state index in [1.807, 2.05) is 0 Å². The van der Waals surface area contributed by atoms with Gasteiger partial charge < -0.3 is 11.1 Å². The van der Waals surface area contributed by atoms with Gasteiger partial charge in [0.2, 0.25) is 5.91 Å². The Bertz CT molecular complexity index is 1250. The number of fused-ring (bicyclic) bond motifs is 1. The molecule has 35 heavy (non-hydrogen) atoms. The first-order valence-electron chi connectivity index (χ1n) is 12.0. The molecule has 1 fully saturated rings. The number of nitrogens with zero attached hydrogens (tertiary/aromatic N) is 3. The van der Waals surface area contributed by atoms with Crippen molar-refractivity contribution in [2.75, 3.05) is 11.9 Å². The van der Waals surface area contributed by atoms with Crippen molar-refractivity contribution in [1.82, 2.24) is 14.1 Å². The molecule has 1 aromatic carbocycles. The third-order valence-corrected chi connectivity index (χ3v) is 7.02. The average Bonchev–Trinajstić information content (AvgIpc) is 3.10. The average molecular weight is 498 g/mol. The van der Waals surface area contributed by atoms with Gasteiger partial charge in [0, 0.05) is 30.8 Å². The summed E-state index contributed by atoms with van der Waals surface area (Å²) in [5.74, 6) is 0.377. The summed E-state index contributed by atoms with van der Waals surface area (Å²) in [5, 5.41) is 2.81. The smallest absolute Gasteiger partial charge is 0.329 e. The quantitative estimate of drug-likeness (QED) is 0.537. The molecule has 0 bridgehead atoms. The molecular formula is C26H35N5O3S. The second kappa shape index (κ2) is 11.2. The monoisotopic (exact) mass is 497 g/mol. The SMILES string of the molecule is CC(C)[C@@H]1CC[C@@H](C)C[C@H]1C(=O)n1c(=O)n(CCN)c2cc(C(=O)Nc3cccnc3)ccc21.S. The van der Waals surface area contributed by atoms with Crippen molar-refractivity contribution in [2.45, 2.75) is 46.6 Å². The maximum absolute atomic E-state index is 13.8. The van der Waals surface area contributed by atoms with E-state index in [0.29, 0.717) is 34.1 Å². The van der Waals surface area contributed by atoms with Gasteiger partial charge in [0.25, 0.3) is 5.91 Å². The van der Waals surface area contributed by atoms with Crippen molar-refractivity contribution < 1.29 is 9.59 Å². The maximum atomic E-state index is 13.8. The first kappa shape index (κ1) is 26.7. The lowest BCUT2D eigenvalue weighted by molar-refractivity contribution is 0.0633. The van der Waals surface area contributed by atoms with Crippen LogP contribution < -0.4 is 16.7 Å². The number of anilines is 1. The van der Waals surface area contributed by atoms with Gasteiger partial charge in [-0.15, -0.1) is 0 Å². The Balaban J connectivity index is 0.00000342. The van der Waals surface area contributed by atoms with E-state index >= 15 is 0 Å². The molecule has 3 aromatic rings. The van der Waals surface area contributed by atoms with Crippen LogP contribution in [0.4, 0.5) is 5.69 Å². The van der Waals surface area contributed by atoms with Crippen molar-refractivity contribution in [2.24, 2.45) is 29.4 Å². The lowest BCUT2D eigenvalue weighted by atomic mass is 9.69. The van der Waals surface area contributed by atoms with Gasteiger partial charge in [0.1, 0.15) is 0 Å². The molecule has 1 saturated carbocycles. The van der Waals surface area contributed by atoms with E-state index in [-0.39, 0.29) is 50.2 Å². The minimum atomic E-state index is -0.393. The van der Waals surface area contributed by atoms with Crippen molar-refractivity contribution in [3.05, 3.63) is 58.8 Å². The highest BCUT2D eigenvalue weighted by atomic mass is 32.1. The molecule has 1 aliphatic rings. The van der Waals surface area contributed by atoms with Crippen LogP contribution in [0.3, 0.4) is 0 Å². The van der Waals surface area contributed by atoms with E-state index in [2.05, 4.69) is 31.1 Å². The Labute approximate surface area is 212 Å². The standard InChI is InChI=1S/C26H33N5O3.H2S/c1-16(2)20-8-6-17(3)13-21(20)25(33)31-22-9-7-18(14-23(22)30(12-10-27)26(31)34)24(32)29-19-5-4-11-28-15-19;/h4-5,7,9,11,14-17,20-21H,6,8,10,12-13,27H2,1-3H3,(H,29,32);1H2/t17-,20+,21-;/m1./s1. The molecule has 3 atom stereocenters. The Morgan fingerprint density at radius 1 is 1.20 bits per heavy atom. The largest absolute Gasteiger partial charge is 0.336 e. The zero-order valence-electron chi connectivity index (χ0n) is 20.5. The highest BCUT2D eigenvalue weighted by Crippen LogP contribution is 2.39. The Morgan fingerprint density at radius 2 is 1.97 bits per heavy atom. The van der Waals surface area contributed by atoms with Crippen LogP contribution in [-0.4, -0.2) is 32.5 Å². The molecule has 0 unspecified atom stereocenters. The van der Waals surface area contributed by atoms with Gasteiger partial charge in [0.05, 0.1) is 22.9 Å². The van der Waals surface area contributed by atoms with Gasteiger partial charge in [-0.2, -0.15) is 13.5 Å². The minimum Gasteiger partial charge on any atom is -0.329 e. The van der Waals surface area contributed by atoms with E-state index < -0.39 is 5.69 Å². The normalized spacial score (nSPS) is 20.0. The van der Waals surface area contributed by atoms with Crippen LogP contribution in [0.5, 0.6) is 0 Å². The Kier molecular flexibility index (Phi) is 8.56. The molecule has 1 amide bonds. The zero-order valence-corrected chi connectivity index (χ0v) is 21.5. The topological polar surface area (TPSA) is 112 Å². The van der Waals surface area contributed by atoms with Gasteiger partial charge in [-0.3, -0.25) is 19.1 Å². The first-order valence-corrected chi connectivity index (χ1v) is 12.0. The number of aromatic nitrogens is 3. The summed E-state index contributed by atoms with van der Waals surface area (Å²) < 4.78 is 2.82. The first-order chi connectivity index (χ1) is 16.3. The van der Waals surface area contributed by atoms with E-state index in [4.69, 9.17) is 5.73 Å². The number of nitrogens with two attached hydrogens (primary N) is 1. The molecule has 0 spiro atoms. The highest BCUT2D eigenvalue weighted by Gasteiger charge is 2.37. The van der Waals surface area contributed by atoms with Crippen molar-refractivity contribution in [3.8, 4) is 0 Å². The van der Waals surface area contributed by atoms with Crippen molar-refractivity contribution in [3.63, 3.8) is 0 Å². The molecule has 3 N–H and O–H groups in total. The number of nitrogens with one attached hydrogen (secondary N) is 1. The number of rotatable bonds is 6. The fraction of sp³-hybridized carbons (Fsp3) is 0.462. The summed E-state index contributed by atoms with van der Waals surface area (Å²) in [7, 11) is 0. The lowest BCUT2D eigenvalue weighted by Gasteiger charge is -2.36. The Morgan fingerprint density at radius 3 is 2.63 bits per heavy atom. The number of imidazole rings is 1. The fourth-order valence-corrected chi connectivity index (χ4v) is 5.25. The summed E-state index contributed by atoms with van der Waals surface area (Å²) >= 11 is 0. The maximum Gasteiger partial charge on any atom is 0.336 e. The summed E-state index contributed by atoms with van der Waals surface area (Å²) in [6.07, 6.45) is 6.06. The lowest BCUT2D eigenvalue weighted by Crippen LogP contribution is -2.40. The number of amides is 1. The van der Waals surface area contributed by atoms with Crippen LogP contribution in [0.2, 0.25) is 0 Å². The van der Waals surface area contributed by atoms with Crippen LogP contribution in [-0.2, 0) is 6.54 Å². The predicted molar refractivity (Wildman–Crippen MR) is 143 cm³/mol. The van der Waals surface area contributed by atoms with Crippen LogP contribution in [0.1, 0.15) is 55.2 Å². The number of carbonyl (C=O) groups is 2. The summed E-state index contributed by atoms with van der Waals surface area (Å²) in [4.78, 5) is 44.1.